The highest BCUT2D eigenvalue weighted by Gasteiger charge is 2.10. The number of anilines is 2. The molecule has 2 aromatic rings. The maximum Gasteiger partial charge on any atom is 0.134 e. The molecule has 0 spiro atoms. The molecular weight excluding hydrogens is 304 g/mol. The molecule has 2 N–H and O–H groups in total. The zero-order chi connectivity index (χ0) is 15.1. The van der Waals surface area contributed by atoms with Crippen molar-refractivity contribution < 1.29 is 0 Å². The van der Waals surface area contributed by atoms with Crippen LogP contribution in [0.5, 0.6) is 0 Å². The third-order valence-corrected chi connectivity index (χ3v) is 4.37. The van der Waals surface area contributed by atoms with E-state index in [0.29, 0.717) is 0 Å². The zero-order valence-corrected chi connectivity index (χ0v) is 14.0. The van der Waals surface area contributed by atoms with Gasteiger partial charge in [-0.25, -0.2) is 9.97 Å². The number of rotatable bonds is 8. The highest BCUT2D eigenvalue weighted by molar-refractivity contribution is 7.16. The molecule has 21 heavy (non-hydrogen) atoms. The minimum absolute atomic E-state index is 0.841. The average Bonchev–Trinajstić information content (AvgIpc) is 2.88. The second-order valence-electron chi connectivity index (χ2n) is 4.71. The van der Waals surface area contributed by atoms with E-state index in [1.165, 1.54) is 10.4 Å². The van der Waals surface area contributed by atoms with Crippen molar-refractivity contribution >= 4 is 34.6 Å². The largest absolute Gasteiger partial charge is 0.370 e. The molecule has 0 fully saturated rings. The van der Waals surface area contributed by atoms with Crippen LogP contribution >= 0.6 is 22.9 Å². The molecule has 2 heterocycles. The van der Waals surface area contributed by atoms with Crippen LogP contribution in [0, 0.1) is 0 Å². The van der Waals surface area contributed by atoms with Crippen molar-refractivity contribution in [1.29, 1.82) is 0 Å². The summed E-state index contributed by atoms with van der Waals surface area (Å²) in [6.07, 6.45) is 4.60. The summed E-state index contributed by atoms with van der Waals surface area (Å²) in [6.45, 7) is 5.95. The fraction of sp³-hybridized carbons (Fsp3) is 0.467. The number of hydrogen-bond acceptors (Lipinski definition) is 5. The van der Waals surface area contributed by atoms with Gasteiger partial charge in [-0.2, -0.15) is 0 Å². The summed E-state index contributed by atoms with van der Waals surface area (Å²) in [5, 5.41) is 6.73. The SMILES string of the molecule is CCCc1c(NCC)ncnc1NCCc1ccc(Cl)s1. The number of thiophene rings is 1. The van der Waals surface area contributed by atoms with Gasteiger partial charge in [0.2, 0.25) is 0 Å². The first kappa shape index (κ1) is 16.0. The lowest BCUT2D eigenvalue weighted by Gasteiger charge is -2.14. The Labute approximate surface area is 135 Å². The van der Waals surface area contributed by atoms with Gasteiger partial charge in [-0.3, -0.25) is 0 Å². The van der Waals surface area contributed by atoms with Crippen molar-refractivity contribution in [2.45, 2.75) is 33.1 Å². The third kappa shape index (κ3) is 4.58. The number of nitrogens with zero attached hydrogens (tertiary/aromatic N) is 2. The Morgan fingerprint density at radius 3 is 2.48 bits per heavy atom. The predicted molar refractivity (Wildman–Crippen MR) is 91.7 cm³/mol. The van der Waals surface area contributed by atoms with Crippen molar-refractivity contribution in [1.82, 2.24) is 9.97 Å². The van der Waals surface area contributed by atoms with E-state index in [9.17, 15) is 0 Å². The Kier molecular flexibility index (Phi) is 6.26. The molecule has 4 nitrogen and oxygen atoms in total. The van der Waals surface area contributed by atoms with Gasteiger partial charge in [-0.15, -0.1) is 11.3 Å². The molecule has 0 aliphatic heterocycles. The molecule has 0 saturated carbocycles. The lowest BCUT2D eigenvalue weighted by Crippen LogP contribution is -2.12. The van der Waals surface area contributed by atoms with Crippen molar-refractivity contribution in [3.8, 4) is 0 Å². The van der Waals surface area contributed by atoms with E-state index in [4.69, 9.17) is 11.6 Å². The summed E-state index contributed by atoms with van der Waals surface area (Å²) in [6, 6.07) is 4.02. The van der Waals surface area contributed by atoms with Gasteiger partial charge in [0.15, 0.2) is 0 Å². The standard InChI is InChI=1S/C15H21ClN4S/c1-3-5-12-14(17-4-2)19-10-20-15(12)18-9-8-11-6-7-13(16)21-11/h6-7,10H,3-5,8-9H2,1-2H3,(H2,17,18,19,20). The summed E-state index contributed by atoms with van der Waals surface area (Å²) in [7, 11) is 0. The molecule has 0 aliphatic rings. The van der Waals surface area contributed by atoms with E-state index in [-0.39, 0.29) is 0 Å². The molecule has 0 radical (unpaired) electrons. The lowest BCUT2D eigenvalue weighted by atomic mass is 10.1. The van der Waals surface area contributed by atoms with Crippen LogP contribution in [0.3, 0.4) is 0 Å². The maximum absolute atomic E-state index is 5.95. The van der Waals surface area contributed by atoms with Crippen LogP contribution in [0.4, 0.5) is 11.6 Å². The van der Waals surface area contributed by atoms with Crippen LogP contribution < -0.4 is 10.6 Å². The molecule has 0 saturated heterocycles. The predicted octanol–water partition coefficient (Wildman–Crippen LogP) is 4.23. The Bertz CT molecular complexity index is 571. The summed E-state index contributed by atoms with van der Waals surface area (Å²) in [5.41, 5.74) is 1.17. The van der Waals surface area contributed by atoms with Gasteiger partial charge in [0.25, 0.3) is 0 Å². The van der Waals surface area contributed by atoms with Crippen LogP contribution in [0.2, 0.25) is 4.34 Å². The molecule has 0 bridgehead atoms. The van der Waals surface area contributed by atoms with Crippen molar-refractivity contribution in [3.63, 3.8) is 0 Å². The Hall–Kier alpha value is -1.33. The molecule has 0 atom stereocenters. The van der Waals surface area contributed by atoms with E-state index in [2.05, 4.69) is 40.5 Å². The number of halogens is 1. The molecule has 6 heteroatoms. The minimum atomic E-state index is 0.841. The average molecular weight is 325 g/mol. The van der Waals surface area contributed by atoms with Crippen molar-refractivity contribution in [2.75, 3.05) is 23.7 Å². The number of nitrogens with one attached hydrogen (secondary N) is 2. The van der Waals surface area contributed by atoms with Crippen LogP contribution in [0.25, 0.3) is 0 Å². The van der Waals surface area contributed by atoms with E-state index in [1.807, 2.05) is 6.07 Å². The molecule has 2 rings (SSSR count). The first-order chi connectivity index (χ1) is 10.2. The third-order valence-electron chi connectivity index (χ3n) is 3.08. The molecular formula is C15H21ClN4S. The second-order valence-corrected chi connectivity index (χ2v) is 6.51. The topological polar surface area (TPSA) is 49.8 Å². The highest BCUT2D eigenvalue weighted by Crippen LogP contribution is 2.23. The Balaban J connectivity index is 2.02. The van der Waals surface area contributed by atoms with Gasteiger partial charge in [-0.05, 0) is 31.9 Å². The second kappa shape index (κ2) is 8.20. The Morgan fingerprint density at radius 1 is 1.10 bits per heavy atom. The maximum atomic E-state index is 5.95. The zero-order valence-electron chi connectivity index (χ0n) is 12.4. The highest BCUT2D eigenvalue weighted by atomic mass is 35.5. The summed E-state index contributed by atoms with van der Waals surface area (Å²) in [5.74, 6) is 1.88. The van der Waals surface area contributed by atoms with E-state index in [0.717, 1.165) is 48.3 Å². The van der Waals surface area contributed by atoms with Crippen LogP contribution in [0.1, 0.15) is 30.7 Å². The number of aromatic nitrogens is 2. The van der Waals surface area contributed by atoms with E-state index in [1.54, 1.807) is 17.7 Å². The molecule has 0 unspecified atom stereocenters. The molecule has 0 aromatic carbocycles. The summed E-state index contributed by atoms with van der Waals surface area (Å²) < 4.78 is 0.841. The Morgan fingerprint density at radius 2 is 1.86 bits per heavy atom. The molecule has 0 amide bonds. The van der Waals surface area contributed by atoms with Crippen LogP contribution in [-0.2, 0) is 12.8 Å². The van der Waals surface area contributed by atoms with Gasteiger partial charge < -0.3 is 10.6 Å². The summed E-state index contributed by atoms with van der Waals surface area (Å²) in [4.78, 5) is 10.0. The van der Waals surface area contributed by atoms with Gasteiger partial charge in [-0.1, -0.05) is 24.9 Å². The first-order valence-electron chi connectivity index (χ1n) is 7.30. The normalized spacial score (nSPS) is 10.6. The van der Waals surface area contributed by atoms with E-state index < -0.39 is 0 Å². The minimum Gasteiger partial charge on any atom is -0.370 e. The smallest absolute Gasteiger partial charge is 0.134 e. The monoisotopic (exact) mass is 324 g/mol. The van der Waals surface area contributed by atoms with Gasteiger partial charge in [0.1, 0.15) is 18.0 Å². The van der Waals surface area contributed by atoms with Gasteiger partial charge >= 0.3 is 0 Å². The first-order valence-corrected chi connectivity index (χ1v) is 8.49. The molecule has 0 aliphatic carbocycles. The van der Waals surface area contributed by atoms with Crippen LogP contribution in [-0.4, -0.2) is 23.1 Å². The lowest BCUT2D eigenvalue weighted by molar-refractivity contribution is 0.893. The quantitative estimate of drug-likeness (QED) is 0.763. The van der Waals surface area contributed by atoms with Gasteiger partial charge in [0, 0.05) is 23.5 Å². The van der Waals surface area contributed by atoms with Gasteiger partial charge in [0.05, 0.1) is 4.34 Å². The fourth-order valence-corrected chi connectivity index (χ4v) is 3.25. The van der Waals surface area contributed by atoms with Crippen molar-refractivity contribution in [2.24, 2.45) is 0 Å². The molecule has 114 valence electrons. The molecule has 2 aromatic heterocycles. The fourth-order valence-electron chi connectivity index (χ4n) is 2.16. The van der Waals surface area contributed by atoms with Crippen LogP contribution in [0.15, 0.2) is 18.5 Å². The van der Waals surface area contributed by atoms with E-state index >= 15 is 0 Å². The summed E-state index contributed by atoms with van der Waals surface area (Å²) >= 11 is 7.58. The van der Waals surface area contributed by atoms with Crippen molar-refractivity contribution in [3.05, 3.63) is 33.2 Å². The number of hydrogen-bond donors (Lipinski definition) is 2.